The van der Waals surface area contributed by atoms with Gasteiger partial charge in [0.05, 0.1) is 6.20 Å². The molecule has 0 radical (unpaired) electrons. The average molecular weight is 163 g/mol. The van der Waals surface area contributed by atoms with Gasteiger partial charge in [-0.1, -0.05) is 0 Å². The fourth-order valence-corrected chi connectivity index (χ4v) is 1.13. The molecule has 1 heterocycles. The molecule has 0 unspecified atom stereocenters. The fraction of sp³-hybridized carbons (Fsp3) is 0. The molecule has 60 valence electrons. The normalized spacial score (nSPS) is 10.4. The Morgan fingerprint density at radius 3 is 2.92 bits per heavy atom. The summed E-state index contributed by atoms with van der Waals surface area (Å²) in [6, 6.07) is 4.17. The Labute approximate surface area is 68.3 Å². The van der Waals surface area contributed by atoms with E-state index in [1.165, 1.54) is 30.6 Å². The molecule has 0 saturated heterocycles. The van der Waals surface area contributed by atoms with E-state index in [9.17, 15) is 9.50 Å². The van der Waals surface area contributed by atoms with Gasteiger partial charge in [0.15, 0.2) is 0 Å². The molecule has 0 amide bonds. The van der Waals surface area contributed by atoms with Crippen LogP contribution in [0.3, 0.4) is 0 Å². The zero-order valence-electron chi connectivity index (χ0n) is 6.16. The third-order valence-electron chi connectivity index (χ3n) is 1.70. The first-order chi connectivity index (χ1) is 5.77. The van der Waals surface area contributed by atoms with Gasteiger partial charge in [0.1, 0.15) is 11.6 Å². The first kappa shape index (κ1) is 7.03. The molecule has 0 bridgehead atoms. The SMILES string of the molecule is Oc1cncc2cc(F)ccc12. The van der Waals surface area contributed by atoms with Gasteiger partial charge in [-0.2, -0.15) is 0 Å². The number of pyridine rings is 1. The summed E-state index contributed by atoms with van der Waals surface area (Å²) in [5, 5.41) is 10.5. The molecule has 0 saturated carbocycles. The van der Waals surface area contributed by atoms with E-state index in [1.54, 1.807) is 0 Å². The standard InChI is InChI=1S/C9H6FNO/c10-7-1-2-8-6(3-7)4-11-5-9(8)12/h1-5,12H. The molecule has 0 spiro atoms. The molecular weight excluding hydrogens is 157 g/mol. The molecule has 1 aromatic carbocycles. The molecular formula is C9H6FNO. The van der Waals surface area contributed by atoms with Crippen molar-refractivity contribution >= 4 is 10.8 Å². The molecule has 2 aromatic rings. The van der Waals surface area contributed by atoms with Crippen LogP contribution in [0.25, 0.3) is 10.8 Å². The highest BCUT2D eigenvalue weighted by Gasteiger charge is 1.99. The summed E-state index contributed by atoms with van der Waals surface area (Å²) in [4.78, 5) is 3.74. The number of halogens is 1. The molecule has 0 aliphatic carbocycles. The van der Waals surface area contributed by atoms with Crippen LogP contribution in [-0.2, 0) is 0 Å². The van der Waals surface area contributed by atoms with Crippen molar-refractivity contribution in [2.24, 2.45) is 0 Å². The second-order valence-electron chi connectivity index (χ2n) is 2.52. The summed E-state index contributed by atoms with van der Waals surface area (Å²) >= 11 is 0. The number of rotatable bonds is 0. The average Bonchev–Trinajstić information content (AvgIpc) is 2.04. The summed E-state index contributed by atoms with van der Waals surface area (Å²) in [5.74, 6) is -0.248. The minimum atomic E-state index is -0.324. The number of fused-ring (bicyclic) bond motifs is 1. The topological polar surface area (TPSA) is 33.1 Å². The monoisotopic (exact) mass is 163 g/mol. The first-order valence-corrected chi connectivity index (χ1v) is 3.49. The van der Waals surface area contributed by atoms with E-state index in [-0.39, 0.29) is 11.6 Å². The van der Waals surface area contributed by atoms with Crippen molar-refractivity contribution in [1.29, 1.82) is 0 Å². The van der Waals surface area contributed by atoms with Crippen molar-refractivity contribution in [3.8, 4) is 5.75 Å². The molecule has 1 aromatic heterocycles. The molecule has 0 atom stereocenters. The zero-order valence-corrected chi connectivity index (χ0v) is 6.16. The Balaban J connectivity index is 2.86. The van der Waals surface area contributed by atoms with Crippen molar-refractivity contribution in [2.75, 3.05) is 0 Å². The Morgan fingerprint density at radius 2 is 2.08 bits per heavy atom. The van der Waals surface area contributed by atoms with Crippen LogP contribution in [0.4, 0.5) is 4.39 Å². The highest BCUT2D eigenvalue weighted by molar-refractivity contribution is 5.86. The highest BCUT2D eigenvalue weighted by atomic mass is 19.1. The number of aromatic hydroxyl groups is 1. The quantitative estimate of drug-likeness (QED) is 0.645. The number of nitrogens with zero attached hydrogens (tertiary/aromatic N) is 1. The van der Waals surface area contributed by atoms with E-state index in [1.807, 2.05) is 0 Å². The summed E-state index contributed by atoms with van der Waals surface area (Å²) in [7, 11) is 0. The number of hydrogen-bond acceptors (Lipinski definition) is 2. The van der Waals surface area contributed by atoms with Gasteiger partial charge in [0.25, 0.3) is 0 Å². The van der Waals surface area contributed by atoms with Crippen molar-refractivity contribution in [2.45, 2.75) is 0 Å². The van der Waals surface area contributed by atoms with E-state index >= 15 is 0 Å². The number of benzene rings is 1. The molecule has 2 rings (SSSR count). The smallest absolute Gasteiger partial charge is 0.141 e. The van der Waals surface area contributed by atoms with Crippen LogP contribution in [0.5, 0.6) is 5.75 Å². The molecule has 3 heteroatoms. The van der Waals surface area contributed by atoms with Gasteiger partial charge in [-0.15, -0.1) is 0 Å². The van der Waals surface area contributed by atoms with Gasteiger partial charge in [0, 0.05) is 17.0 Å². The van der Waals surface area contributed by atoms with Gasteiger partial charge < -0.3 is 5.11 Å². The lowest BCUT2D eigenvalue weighted by molar-refractivity contribution is 0.479. The summed E-state index contributed by atoms with van der Waals surface area (Å²) in [6.45, 7) is 0. The lowest BCUT2D eigenvalue weighted by Gasteiger charge is -1.98. The minimum absolute atomic E-state index is 0.0764. The van der Waals surface area contributed by atoms with Gasteiger partial charge >= 0.3 is 0 Å². The maximum Gasteiger partial charge on any atom is 0.141 e. The van der Waals surface area contributed by atoms with Crippen LogP contribution in [0.15, 0.2) is 30.6 Å². The largest absolute Gasteiger partial charge is 0.506 e. The highest BCUT2D eigenvalue weighted by Crippen LogP contribution is 2.22. The minimum Gasteiger partial charge on any atom is -0.506 e. The fourth-order valence-electron chi connectivity index (χ4n) is 1.13. The van der Waals surface area contributed by atoms with E-state index in [0.29, 0.717) is 10.8 Å². The predicted molar refractivity (Wildman–Crippen MR) is 43.4 cm³/mol. The third-order valence-corrected chi connectivity index (χ3v) is 1.70. The maximum atomic E-state index is 12.7. The summed E-state index contributed by atoms with van der Waals surface area (Å²) < 4.78 is 12.7. The Morgan fingerprint density at radius 1 is 1.25 bits per heavy atom. The van der Waals surface area contributed by atoms with Crippen molar-refractivity contribution in [1.82, 2.24) is 4.98 Å². The van der Waals surface area contributed by atoms with Crippen LogP contribution in [0, 0.1) is 5.82 Å². The molecule has 1 N–H and O–H groups in total. The lowest BCUT2D eigenvalue weighted by atomic mass is 10.1. The first-order valence-electron chi connectivity index (χ1n) is 3.49. The predicted octanol–water partition coefficient (Wildman–Crippen LogP) is 2.08. The second kappa shape index (κ2) is 2.44. The van der Waals surface area contributed by atoms with Gasteiger partial charge in [0.2, 0.25) is 0 Å². The Hall–Kier alpha value is -1.64. The van der Waals surface area contributed by atoms with Crippen LogP contribution in [0.1, 0.15) is 0 Å². The molecule has 0 fully saturated rings. The summed E-state index contributed by atoms with van der Waals surface area (Å²) in [6.07, 6.45) is 2.85. The summed E-state index contributed by atoms with van der Waals surface area (Å²) in [5.41, 5.74) is 0. The van der Waals surface area contributed by atoms with Crippen LogP contribution in [-0.4, -0.2) is 10.1 Å². The van der Waals surface area contributed by atoms with E-state index in [2.05, 4.69) is 4.98 Å². The van der Waals surface area contributed by atoms with Crippen LogP contribution >= 0.6 is 0 Å². The van der Waals surface area contributed by atoms with E-state index in [4.69, 9.17) is 0 Å². The van der Waals surface area contributed by atoms with Crippen molar-refractivity contribution in [3.05, 3.63) is 36.4 Å². The maximum absolute atomic E-state index is 12.7. The van der Waals surface area contributed by atoms with Crippen molar-refractivity contribution in [3.63, 3.8) is 0 Å². The van der Waals surface area contributed by atoms with Crippen LogP contribution in [0.2, 0.25) is 0 Å². The van der Waals surface area contributed by atoms with E-state index < -0.39 is 0 Å². The number of aromatic nitrogens is 1. The van der Waals surface area contributed by atoms with Gasteiger partial charge in [-0.3, -0.25) is 4.98 Å². The molecule has 0 aliphatic heterocycles. The zero-order chi connectivity index (χ0) is 8.55. The Kier molecular flexibility index (Phi) is 1.43. The Bertz CT molecular complexity index is 428. The second-order valence-corrected chi connectivity index (χ2v) is 2.52. The van der Waals surface area contributed by atoms with E-state index in [0.717, 1.165) is 0 Å². The number of hydrogen-bond donors (Lipinski definition) is 1. The van der Waals surface area contributed by atoms with Crippen LogP contribution < -0.4 is 0 Å². The molecule has 0 aliphatic rings. The third kappa shape index (κ3) is 0.993. The molecule has 2 nitrogen and oxygen atoms in total. The lowest BCUT2D eigenvalue weighted by Crippen LogP contribution is -1.78. The molecule has 12 heavy (non-hydrogen) atoms. The van der Waals surface area contributed by atoms with Crippen molar-refractivity contribution < 1.29 is 9.50 Å². The van der Waals surface area contributed by atoms with Gasteiger partial charge in [-0.05, 0) is 18.2 Å². The van der Waals surface area contributed by atoms with Gasteiger partial charge in [-0.25, -0.2) is 4.39 Å².